The van der Waals surface area contributed by atoms with Gasteiger partial charge in [0.15, 0.2) is 0 Å². The molecule has 0 amide bonds. The van der Waals surface area contributed by atoms with E-state index in [9.17, 15) is 18.4 Å². The maximum absolute atomic E-state index is 12.9. The first-order valence-electron chi connectivity index (χ1n) is 8.02. The minimum atomic E-state index is -1.19. The number of esters is 2. The van der Waals surface area contributed by atoms with E-state index in [1.54, 1.807) is 0 Å². The largest absolute Gasteiger partial charge is 0.462 e. The number of carbonyl (C=O) groups excluding carboxylic acids is 2. The summed E-state index contributed by atoms with van der Waals surface area (Å²) in [5.41, 5.74) is 0.400. The lowest BCUT2D eigenvalue weighted by atomic mass is 10.2. The fraction of sp³-hybridized carbons (Fsp3) is 0.263. The zero-order valence-corrected chi connectivity index (χ0v) is 15.3. The quantitative estimate of drug-likeness (QED) is 0.519. The number of ether oxygens (including phenoxy) is 2. The zero-order chi connectivity index (χ0) is 19.6. The van der Waals surface area contributed by atoms with Crippen molar-refractivity contribution in [3.8, 4) is 0 Å². The minimum absolute atomic E-state index is 0.0675. The summed E-state index contributed by atoms with van der Waals surface area (Å²) < 4.78 is 34.9. The van der Waals surface area contributed by atoms with Crippen LogP contribution in [0.3, 0.4) is 0 Å². The molecule has 0 spiro atoms. The molecule has 0 aromatic heterocycles. The SMILES string of the molecule is O=C(OC[C@@H]1[C@@H](COC(=O)c2ccc(F)cc2)C1(Cl)Cl)c1ccc(F)cc1. The van der Waals surface area contributed by atoms with E-state index in [0.29, 0.717) is 0 Å². The Labute approximate surface area is 164 Å². The number of benzene rings is 2. The molecule has 0 heterocycles. The summed E-state index contributed by atoms with van der Waals surface area (Å²) in [6.07, 6.45) is 0. The molecule has 0 saturated heterocycles. The number of rotatable bonds is 6. The Balaban J connectivity index is 1.49. The van der Waals surface area contributed by atoms with Crippen molar-refractivity contribution in [2.45, 2.75) is 4.33 Å². The molecule has 0 N–H and O–H groups in total. The van der Waals surface area contributed by atoms with Gasteiger partial charge in [-0.05, 0) is 48.5 Å². The van der Waals surface area contributed by atoms with Crippen LogP contribution in [0.5, 0.6) is 0 Å². The first kappa shape index (κ1) is 19.6. The summed E-state index contributed by atoms with van der Waals surface area (Å²) in [6.45, 7) is -0.135. The third-order valence-electron chi connectivity index (χ3n) is 4.31. The number of hydrogen-bond donors (Lipinski definition) is 0. The van der Waals surface area contributed by atoms with Crippen LogP contribution in [0.2, 0.25) is 0 Å². The van der Waals surface area contributed by atoms with E-state index in [1.165, 1.54) is 24.3 Å². The van der Waals surface area contributed by atoms with Gasteiger partial charge in [-0.25, -0.2) is 18.4 Å². The first-order valence-corrected chi connectivity index (χ1v) is 8.78. The van der Waals surface area contributed by atoms with Gasteiger partial charge in [0.1, 0.15) is 16.0 Å². The van der Waals surface area contributed by atoms with Gasteiger partial charge in [0, 0.05) is 11.8 Å². The second-order valence-corrected chi connectivity index (χ2v) is 7.54. The molecule has 1 aliphatic carbocycles. The molecule has 0 bridgehead atoms. The van der Waals surface area contributed by atoms with Gasteiger partial charge in [0.2, 0.25) is 0 Å². The summed E-state index contributed by atoms with van der Waals surface area (Å²) in [7, 11) is 0. The summed E-state index contributed by atoms with van der Waals surface area (Å²) in [5, 5.41) is 0. The average molecular weight is 415 g/mol. The van der Waals surface area contributed by atoms with Crippen molar-refractivity contribution in [3.05, 3.63) is 71.3 Å². The molecule has 27 heavy (non-hydrogen) atoms. The van der Waals surface area contributed by atoms with Crippen LogP contribution in [0.1, 0.15) is 20.7 Å². The fourth-order valence-electron chi connectivity index (χ4n) is 2.58. The van der Waals surface area contributed by atoms with E-state index in [0.717, 1.165) is 24.3 Å². The molecule has 142 valence electrons. The molecule has 1 fully saturated rings. The van der Waals surface area contributed by atoms with Gasteiger partial charge in [-0.1, -0.05) is 0 Å². The molecule has 3 rings (SSSR count). The Hall–Kier alpha value is -2.18. The fourth-order valence-corrected chi connectivity index (χ4v) is 3.32. The van der Waals surface area contributed by atoms with Crippen LogP contribution in [0, 0.1) is 23.5 Å². The van der Waals surface area contributed by atoms with Gasteiger partial charge >= 0.3 is 11.9 Å². The summed E-state index contributed by atoms with van der Waals surface area (Å²) in [4.78, 5) is 23.9. The van der Waals surface area contributed by atoms with Gasteiger partial charge in [-0.3, -0.25) is 0 Å². The minimum Gasteiger partial charge on any atom is -0.462 e. The van der Waals surface area contributed by atoms with Crippen molar-refractivity contribution in [2.75, 3.05) is 13.2 Å². The highest BCUT2D eigenvalue weighted by molar-refractivity contribution is 6.51. The van der Waals surface area contributed by atoms with Gasteiger partial charge in [-0.15, -0.1) is 23.2 Å². The van der Waals surface area contributed by atoms with Crippen LogP contribution >= 0.6 is 23.2 Å². The van der Waals surface area contributed by atoms with Crippen LogP contribution in [0.25, 0.3) is 0 Å². The van der Waals surface area contributed by atoms with Crippen molar-refractivity contribution < 1.29 is 27.8 Å². The van der Waals surface area contributed by atoms with Crippen molar-refractivity contribution in [3.63, 3.8) is 0 Å². The average Bonchev–Trinajstić information content (AvgIpc) is 3.18. The van der Waals surface area contributed by atoms with Crippen LogP contribution in [-0.4, -0.2) is 29.5 Å². The van der Waals surface area contributed by atoms with E-state index >= 15 is 0 Å². The van der Waals surface area contributed by atoms with Crippen LogP contribution in [-0.2, 0) is 9.47 Å². The number of carbonyl (C=O) groups is 2. The molecule has 0 unspecified atom stereocenters. The van der Waals surface area contributed by atoms with Gasteiger partial charge in [-0.2, -0.15) is 0 Å². The van der Waals surface area contributed by atoms with Crippen LogP contribution in [0.4, 0.5) is 8.78 Å². The number of hydrogen-bond acceptors (Lipinski definition) is 4. The molecular weight excluding hydrogens is 401 g/mol. The van der Waals surface area contributed by atoms with Gasteiger partial charge in [0.25, 0.3) is 0 Å². The highest BCUT2D eigenvalue weighted by Crippen LogP contribution is 2.59. The lowest BCUT2D eigenvalue weighted by Crippen LogP contribution is -2.11. The van der Waals surface area contributed by atoms with Gasteiger partial charge in [0.05, 0.1) is 24.3 Å². The Morgan fingerprint density at radius 2 is 1.11 bits per heavy atom. The third kappa shape index (κ3) is 4.57. The standard InChI is InChI=1S/C19H14Cl2F2O4/c20-19(21)15(9-26-17(24)11-1-5-13(22)6-2-11)16(19)10-27-18(25)12-3-7-14(23)8-4-12/h1-8,15-16H,9-10H2/t15-,16-/m1/s1. The van der Waals surface area contributed by atoms with Crippen molar-refractivity contribution in [1.29, 1.82) is 0 Å². The zero-order valence-electron chi connectivity index (χ0n) is 13.8. The topological polar surface area (TPSA) is 52.6 Å². The lowest BCUT2D eigenvalue weighted by Gasteiger charge is -2.05. The van der Waals surface area contributed by atoms with Crippen LogP contribution < -0.4 is 0 Å². The first-order chi connectivity index (χ1) is 12.8. The smallest absolute Gasteiger partial charge is 0.338 e. The predicted octanol–water partition coefficient (Wildman–Crippen LogP) is 4.40. The molecule has 0 radical (unpaired) electrons. The maximum Gasteiger partial charge on any atom is 0.338 e. The molecule has 4 nitrogen and oxygen atoms in total. The maximum atomic E-state index is 12.9. The molecular formula is C19H14Cl2F2O4. The van der Waals surface area contributed by atoms with Crippen molar-refractivity contribution in [2.24, 2.45) is 11.8 Å². The highest BCUT2D eigenvalue weighted by Gasteiger charge is 2.64. The molecule has 8 heteroatoms. The lowest BCUT2D eigenvalue weighted by molar-refractivity contribution is 0.0419. The number of halogens is 4. The monoisotopic (exact) mass is 414 g/mol. The molecule has 2 aromatic carbocycles. The van der Waals surface area contributed by atoms with Crippen molar-refractivity contribution >= 4 is 35.1 Å². The summed E-state index contributed by atoms with van der Waals surface area (Å²) in [5.74, 6) is -3.01. The Morgan fingerprint density at radius 3 is 1.44 bits per heavy atom. The van der Waals surface area contributed by atoms with E-state index in [2.05, 4.69) is 0 Å². The summed E-state index contributed by atoms with van der Waals surface area (Å²) >= 11 is 12.3. The Bertz CT molecular complexity index is 768. The predicted molar refractivity (Wildman–Crippen MR) is 94.8 cm³/mol. The second-order valence-electron chi connectivity index (χ2n) is 6.10. The summed E-state index contributed by atoms with van der Waals surface area (Å²) in [6, 6.07) is 9.83. The Morgan fingerprint density at radius 1 is 0.778 bits per heavy atom. The highest BCUT2D eigenvalue weighted by atomic mass is 35.5. The molecule has 2 aromatic rings. The normalized spacial score (nSPS) is 20.0. The third-order valence-corrected chi connectivity index (χ3v) is 5.43. The van der Waals surface area contributed by atoms with Crippen LogP contribution in [0.15, 0.2) is 48.5 Å². The molecule has 1 aliphatic rings. The molecule has 2 atom stereocenters. The van der Waals surface area contributed by atoms with E-state index in [1.807, 2.05) is 0 Å². The number of alkyl halides is 2. The van der Waals surface area contributed by atoms with Gasteiger partial charge < -0.3 is 9.47 Å². The van der Waals surface area contributed by atoms with E-state index < -0.39 is 39.7 Å². The van der Waals surface area contributed by atoms with E-state index in [-0.39, 0.29) is 24.3 Å². The van der Waals surface area contributed by atoms with Crippen molar-refractivity contribution in [1.82, 2.24) is 0 Å². The second kappa shape index (κ2) is 7.82. The molecule has 0 aliphatic heterocycles. The Kier molecular flexibility index (Phi) is 5.67. The molecule has 1 saturated carbocycles. The van der Waals surface area contributed by atoms with E-state index in [4.69, 9.17) is 32.7 Å².